The zero-order chi connectivity index (χ0) is 17.1. The molecule has 25 heavy (non-hydrogen) atoms. The predicted octanol–water partition coefficient (Wildman–Crippen LogP) is 3.30. The van der Waals surface area contributed by atoms with Gasteiger partial charge < -0.3 is 9.84 Å². The number of nitrogens with one attached hydrogen (secondary N) is 1. The Hall–Kier alpha value is -3.26. The topological polar surface area (TPSA) is 85.8 Å². The molecule has 0 fully saturated rings. The lowest BCUT2D eigenvalue weighted by Crippen LogP contribution is -2.13. The molecular weight excluding hydrogens is 338 g/mol. The molecule has 0 atom stereocenters. The van der Waals surface area contributed by atoms with E-state index in [1.54, 1.807) is 35.4 Å². The molecule has 0 spiro atoms. The number of amides is 1. The molecule has 4 aromatic rings. The van der Waals surface area contributed by atoms with Crippen molar-refractivity contribution in [2.24, 2.45) is 0 Å². The molecule has 0 unspecified atom stereocenters. The number of thiophene rings is 1. The smallest absolute Gasteiger partial charge is 0.279 e. The van der Waals surface area contributed by atoms with Crippen LogP contribution in [0, 0.1) is 0 Å². The first-order chi connectivity index (χ1) is 12.3. The number of hydrogen-bond acceptors (Lipinski definition) is 6. The Kier molecular flexibility index (Phi) is 4.09. The standard InChI is InChI=1S/C17H13N5O2S/c23-17(13-10-14(24-21-13)15-2-1-9-25-15)19-16-5-8-22(20-16)11-12-3-6-18-7-4-12/h1-10H,11H2,(H,19,20,23). The normalized spacial score (nSPS) is 10.7. The minimum Gasteiger partial charge on any atom is -0.355 e. The summed E-state index contributed by atoms with van der Waals surface area (Å²) in [6.45, 7) is 0.602. The molecule has 4 heterocycles. The second-order valence-corrected chi connectivity index (χ2v) is 6.21. The first kappa shape index (κ1) is 15.3. The van der Waals surface area contributed by atoms with Gasteiger partial charge in [0, 0.05) is 30.7 Å². The SMILES string of the molecule is O=C(Nc1ccn(Cc2ccncc2)n1)c1cc(-c2cccs2)on1. The van der Waals surface area contributed by atoms with E-state index in [0.717, 1.165) is 10.4 Å². The molecule has 7 nitrogen and oxygen atoms in total. The summed E-state index contributed by atoms with van der Waals surface area (Å²) >= 11 is 1.52. The quantitative estimate of drug-likeness (QED) is 0.596. The monoisotopic (exact) mass is 351 g/mol. The van der Waals surface area contributed by atoms with Gasteiger partial charge in [0.25, 0.3) is 5.91 Å². The maximum atomic E-state index is 12.3. The van der Waals surface area contributed by atoms with Gasteiger partial charge in [-0.15, -0.1) is 11.3 Å². The summed E-state index contributed by atoms with van der Waals surface area (Å²) in [4.78, 5) is 17.2. The molecule has 8 heteroatoms. The van der Waals surface area contributed by atoms with Gasteiger partial charge in [-0.3, -0.25) is 14.5 Å². The van der Waals surface area contributed by atoms with Crippen molar-refractivity contribution >= 4 is 23.1 Å². The molecular formula is C17H13N5O2S. The summed E-state index contributed by atoms with van der Waals surface area (Å²) in [6.07, 6.45) is 5.27. The summed E-state index contributed by atoms with van der Waals surface area (Å²) in [5, 5.41) is 12.8. The fourth-order valence-corrected chi connectivity index (χ4v) is 2.96. The van der Waals surface area contributed by atoms with Crippen LogP contribution >= 0.6 is 11.3 Å². The highest BCUT2D eigenvalue weighted by molar-refractivity contribution is 7.13. The van der Waals surface area contributed by atoms with E-state index in [9.17, 15) is 4.79 Å². The van der Waals surface area contributed by atoms with Crippen LogP contribution in [-0.4, -0.2) is 25.8 Å². The highest BCUT2D eigenvalue weighted by Crippen LogP contribution is 2.25. The van der Waals surface area contributed by atoms with E-state index in [0.29, 0.717) is 18.1 Å². The van der Waals surface area contributed by atoms with Crippen molar-refractivity contribution in [3.63, 3.8) is 0 Å². The van der Waals surface area contributed by atoms with E-state index in [4.69, 9.17) is 4.52 Å². The molecule has 1 N–H and O–H groups in total. The summed E-state index contributed by atoms with van der Waals surface area (Å²) in [7, 11) is 0. The first-order valence-electron chi connectivity index (χ1n) is 7.52. The van der Waals surface area contributed by atoms with Gasteiger partial charge in [0.1, 0.15) is 0 Å². The average Bonchev–Trinajstić information content (AvgIpc) is 3.37. The molecule has 0 saturated carbocycles. The van der Waals surface area contributed by atoms with Crippen LogP contribution in [0.3, 0.4) is 0 Å². The third-order valence-corrected chi connectivity index (χ3v) is 4.37. The Bertz CT molecular complexity index is 976. The van der Waals surface area contributed by atoms with Crippen molar-refractivity contribution in [1.82, 2.24) is 19.9 Å². The van der Waals surface area contributed by atoms with Gasteiger partial charge in [0.15, 0.2) is 17.3 Å². The molecule has 1 amide bonds. The minimum atomic E-state index is -0.360. The number of hydrogen-bond donors (Lipinski definition) is 1. The lowest BCUT2D eigenvalue weighted by atomic mass is 10.3. The summed E-state index contributed by atoms with van der Waals surface area (Å²) in [5.74, 6) is 0.670. The van der Waals surface area contributed by atoms with Gasteiger partial charge in [0.2, 0.25) is 0 Å². The molecule has 0 aliphatic carbocycles. The number of aromatic nitrogens is 4. The van der Waals surface area contributed by atoms with Crippen molar-refractivity contribution < 1.29 is 9.32 Å². The number of carbonyl (C=O) groups excluding carboxylic acids is 1. The lowest BCUT2D eigenvalue weighted by molar-refractivity contribution is 0.101. The summed E-state index contributed by atoms with van der Waals surface area (Å²) in [5.41, 5.74) is 1.29. The Morgan fingerprint density at radius 3 is 2.92 bits per heavy atom. The van der Waals surface area contributed by atoms with Gasteiger partial charge in [-0.25, -0.2) is 0 Å². The van der Waals surface area contributed by atoms with Crippen molar-refractivity contribution in [1.29, 1.82) is 0 Å². The molecule has 0 aromatic carbocycles. The van der Waals surface area contributed by atoms with E-state index < -0.39 is 0 Å². The van der Waals surface area contributed by atoms with Crippen molar-refractivity contribution in [2.45, 2.75) is 6.54 Å². The maximum Gasteiger partial charge on any atom is 0.279 e. The predicted molar refractivity (Wildman–Crippen MR) is 93.3 cm³/mol. The number of carbonyl (C=O) groups is 1. The van der Waals surface area contributed by atoms with Crippen LogP contribution in [0.4, 0.5) is 5.82 Å². The second-order valence-electron chi connectivity index (χ2n) is 5.26. The molecule has 124 valence electrons. The molecule has 0 aliphatic rings. The fourth-order valence-electron chi connectivity index (χ4n) is 2.29. The maximum absolute atomic E-state index is 12.3. The Balaban J connectivity index is 1.43. The van der Waals surface area contributed by atoms with E-state index in [1.165, 1.54) is 11.3 Å². The third kappa shape index (κ3) is 3.48. The van der Waals surface area contributed by atoms with Gasteiger partial charge in [0.05, 0.1) is 11.4 Å². The van der Waals surface area contributed by atoms with Crippen LogP contribution < -0.4 is 5.32 Å². The molecule has 0 aliphatic heterocycles. The molecule has 4 aromatic heterocycles. The molecule has 0 radical (unpaired) electrons. The molecule has 4 rings (SSSR count). The van der Waals surface area contributed by atoms with Crippen LogP contribution in [0.15, 0.2) is 64.9 Å². The van der Waals surface area contributed by atoms with Gasteiger partial charge in [-0.05, 0) is 29.1 Å². The van der Waals surface area contributed by atoms with E-state index >= 15 is 0 Å². The van der Waals surface area contributed by atoms with E-state index in [1.807, 2.05) is 29.6 Å². The van der Waals surface area contributed by atoms with Gasteiger partial charge in [-0.2, -0.15) is 5.10 Å². The van der Waals surface area contributed by atoms with Gasteiger partial charge >= 0.3 is 0 Å². The average molecular weight is 351 g/mol. The van der Waals surface area contributed by atoms with E-state index in [-0.39, 0.29) is 11.6 Å². The Morgan fingerprint density at radius 1 is 1.24 bits per heavy atom. The first-order valence-corrected chi connectivity index (χ1v) is 8.40. The third-order valence-electron chi connectivity index (χ3n) is 3.48. The van der Waals surface area contributed by atoms with Crippen LogP contribution in [-0.2, 0) is 6.54 Å². The van der Waals surface area contributed by atoms with Crippen LogP contribution in [0.1, 0.15) is 16.1 Å². The molecule has 0 saturated heterocycles. The summed E-state index contributed by atoms with van der Waals surface area (Å²) < 4.78 is 6.96. The minimum absolute atomic E-state index is 0.215. The highest BCUT2D eigenvalue weighted by Gasteiger charge is 2.15. The van der Waals surface area contributed by atoms with Crippen molar-refractivity contribution in [3.05, 3.63) is 71.6 Å². The van der Waals surface area contributed by atoms with Crippen molar-refractivity contribution in [2.75, 3.05) is 5.32 Å². The number of pyridine rings is 1. The van der Waals surface area contributed by atoms with Gasteiger partial charge in [-0.1, -0.05) is 11.2 Å². The van der Waals surface area contributed by atoms with Crippen LogP contribution in [0.5, 0.6) is 0 Å². The zero-order valence-corrected chi connectivity index (χ0v) is 13.8. The number of rotatable bonds is 5. The summed E-state index contributed by atoms with van der Waals surface area (Å²) in [6, 6.07) is 11.0. The lowest BCUT2D eigenvalue weighted by Gasteiger charge is -2.01. The fraction of sp³-hybridized carbons (Fsp3) is 0.0588. The largest absolute Gasteiger partial charge is 0.355 e. The van der Waals surface area contributed by atoms with Crippen LogP contribution in [0.2, 0.25) is 0 Å². The number of nitrogens with zero attached hydrogens (tertiary/aromatic N) is 4. The second kappa shape index (κ2) is 6.70. The number of anilines is 1. The van der Waals surface area contributed by atoms with E-state index in [2.05, 4.69) is 20.6 Å². The zero-order valence-electron chi connectivity index (χ0n) is 13.0. The van der Waals surface area contributed by atoms with Crippen LogP contribution in [0.25, 0.3) is 10.6 Å². The Labute approximate surface area is 146 Å². The molecule has 0 bridgehead atoms. The Morgan fingerprint density at radius 2 is 2.12 bits per heavy atom. The highest BCUT2D eigenvalue weighted by atomic mass is 32.1. The van der Waals surface area contributed by atoms with Crippen molar-refractivity contribution in [3.8, 4) is 10.6 Å².